The van der Waals surface area contributed by atoms with Crippen molar-refractivity contribution in [1.82, 2.24) is 4.90 Å². The Hall–Kier alpha value is -1.55. The Morgan fingerprint density at radius 2 is 2.12 bits per heavy atom. The first-order chi connectivity index (χ1) is 8.04. The van der Waals surface area contributed by atoms with Gasteiger partial charge in [0.2, 0.25) is 5.91 Å². The molecule has 94 valence electrons. The zero-order valence-corrected chi connectivity index (χ0v) is 10.6. The van der Waals surface area contributed by atoms with Gasteiger partial charge in [-0.2, -0.15) is 0 Å². The Bertz CT molecular complexity index is 379. The molecule has 1 rings (SSSR count). The Labute approximate surface area is 102 Å². The summed E-state index contributed by atoms with van der Waals surface area (Å²) >= 11 is 0. The molecule has 0 aliphatic heterocycles. The lowest BCUT2D eigenvalue weighted by Gasteiger charge is -2.23. The summed E-state index contributed by atoms with van der Waals surface area (Å²) in [7, 11) is 3.56. The molecule has 0 aliphatic carbocycles. The molecule has 1 atom stereocenters. The van der Waals surface area contributed by atoms with Crippen LogP contribution in [-0.2, 0) is 11.2 Å². The SMILES string of the molecule is COc1ccccc1CC(C)N(C)CC(N)=O. The minimum absolute atomic E-state index is 0.235. The number of primary amides is 1. The van der Waals surface area contributed by atoms with Gasteiger partial charge in [-0.05, 0) is 32.0 Å². The maximum atomic E-state index is 10.8. The summed E-state index contributed by atoms with van der Waals surface area (Å²) in [6, 6.07) is 8.14. The van der Waals surface area contributed by atoms with E-state index in [0.29, 0.717) is 0 Å². The van der Waals surface area contributed by atoms with Gasteiger partial charge < -0.3 is 10.5 Å². The molecule has 4 heteroatoms. The highest BCUT2D eigenvalue weighted by molar-refractivity contribution is 5.75. The van der Waals surface area contributed by atoms with Crippen molar-refractivity contribution in [3.8, 4) is 5.75 Å². The lowest BCUT2D eigenvalue weighted by Crippen LogP contribution is -2.37. The van der Waals surface area contributed by atoms with E-state index in [2.05, 4.69) is 6.92 Å². The second-order valence-electron chi connectivity index (χ2n) is 4.25. The number of likely N-dealkylation sites (N-methyl/N-ethyl adjacent to an activating group) is 1. The predicted octanol–water partition coefficient (Wildman–Crippen LogP) is 1.04. The molecule has 0 aromatic heterocycles. The molecule has 17 heavy (non-hydrogen) atoms. The number of carbonyl (C=O) groups excluding carboxylic acids is 1. The fraction of sp³-hybridized carbons (Fsp3) is 0.462. The molecule has 4 nitrogen and oxygen atoms in total. The van der Waals surface area contributed by atoms with E-state index in [1.165, 1.54) is 0 Å². The number of carbonyl (C=O) groups is 1. The maximum absolute atomic E-state index is 10.8. The van der Waals surface area contributed by atoms with E-state index >= 15 is 0 Å². The lowest BCUT2D eigenvalue weighted by molar-refractivity contribution is -0.119. The van der Waals surface area contributed by atoms with Gasteiger partial charge in [0.25, 0.3) is 0 Å². The molecule has 0 bridgehead atoms. The summed E-state index contributed by atoms with van der Waals surface area (Å²) in [5, 5.41) is 0. The van der Waals surface area contributed by atoms with Crippen LogP contribution in [0.15, 0.2) is 24.3 Å². The van der Waals surface area contributed by atoms with Crippen LogP contribution in [0.3, 0.4) is 0 Å². The summed E-state index contributed by atoms with van der Waals surface area (Å²) in [5.41, 5.74) is 6.31. The third kappa shape index (κ3) is 4.07. The van der Waals surface area contributed by atoms with Crippen molar-refractivity contribution in [3.05, 3.63) is 29.8 Å². The average molecular weight is 236 g/mol. The summed E-state index contributed by atoms with van der Waals surface area (Å²) in [5.74, 6) is 0.575. The number of hydrogen-bond acceptors (Lipinski definition) is 3. The van der Waals surface area contributed by atoms with Gasteiger partial charge in [-0.1, -0.05) is 18.2 Å². The minimum atomic E-state index is -0.306. The molecule has 0 spiro atoms. The van der Waals surface area contributed by atoms with Crippen LogP contribution in [0.2, 0.25) is 0 Å². The normalized spacial score (nSPS) is 12.5. The van der Waals surface area contributed by atoms with Gasteiger partial charge in [-0.15, -0.1) is 0 Å². The molecule has 0 aliphatic rings. The molecule has 1 aromatic rings. The fourth-order valence-electron chi connectivity index (χ4n) is 1.75. The van der Waals surface area contributed by atoms with E-state index < -0.39 is 0 Å². The monoisotopic (exact) mass is 236 g/mol. The number of methoxy groups -OCH3 is 1. The molecule has 0 radical (unpaired) electrons. The van der Waals surface area contributed by atoms with Gasteiger partial charge >= 0.3 is 0 Å². The zero-order chi connectivity index (χ0) is 12.8. The molecule has 1 unspecified atom stereocenters. The van der Waals surface area contributed by atoms with Gasteiger partial charge in [0.1, 0.15) is 5.75 Å². The van der Waals surface area contributed by atoms with Crippen molar-refractivity contribution in [2.75, 3.05) is 20.7 Å². The Morgan fingerprint density at radius 1 is 1.47 bits per heavy atom. The molecule has 1 amide bonds. The van der Waals surface area contributed by atoms with Crippen LogP contribution in [0.5, 0.6) is 5.75 Å². The Morgan fingerprint density at radius 3 is 2.71 bits per heavy atom. The van der Waals surface area contributed by atoms with E-state index in [4.69, 9.17) is 10.5 Å². The van der Waals surface area contributed by atoms with Crippen LogP contribution in [0.25, 0.3) is 0 Å². The number of para-hydroxylation sites is 1. The van der Waals surface area contributed by atoms with Crippen LogP contribution in [0.4, 0.5) is 0 Å². The number of amides is 1. The molecule has 0 heterocycles. The van der Waals surface area contributed by atoms with Crippen molar-refractivity contribution in [2.24, 2.45) is 5.73 Å². The summed E-state index contributed by atoms with van der Waals surface area (Å²) < 4.78 is 5.30. The summed E-state index contributed by atoms with van der Waals surface area (Å²) in [6.07, 6.45) is 0.827. The molecular formula is C13H20N2O2. The van der Waals surface area contributed by atoms with Gasteiger partial charge in [0.15, 0.2) is 0 Å². The average Bonchev–Trinajstić information content (AvgIpc) is 2.28. The number of nitrogens with zero attached hydrogens (tertiary/aromatic N) is 1. The Balaban J connectivity index is 2.66. The smallest absolute Gasteiger partial charge is 0.231 e. The quantitative estimate of drug-likeness (QED) is 0.803. The molecule has 0 saturated heterocycles. The molecule has 0 saturated carbocycles. The van der Waals surface area contributed by atoms with E-state index in [9.17, 15) is 4.79 Å². The standard InChI is InChI=1S/C13H20N2O2/c1-10(15(2)9-13(14)16)8-11-6-4-5-7-12(11)17-3/h4-7,10H,8-9H2,1-3H3,(H2,14,16). The number of benzene rings is 1. The highest BCUT2D eigenvalue weighted by Gasteiger charge is 2.13. The minimum Gasteiger partial charge on any atom is -0.496 e. The number of hydrogen-bond donors (Lipinski definition) is 1. The van der Waals surface area contributed by atoms with Crippen LogP contribution in [0.1, 0.15) is 12.5 Å². The van der Waals surface area contributed by atoms with Gasteiger partial charge in [0.05, 0.1) is 13.7 Å². The summed E-state index contributed by atoms with van der Waals surface area (Å²) in [6.45, 7) is 2.34. The first-order valence-electron chi connectivity index (χ1n) is 5.65. The molecular weight excluding hydrogens is 216 g/mol. The fourth-order valence-corrected chi connectivity index (χ4v) is 1.75. The summed E-state index contributed by atoms with van der Waals surface area (Å²) in [4.78, 5) is 12.8. The van der Waals surface area contributed by atoms with E-state index in [0.717, 1.165) is 17.7 Å². The van der Waals surface area contributed by atoms with E-state index in [1.807, 2.05) is 36.2 Å². The van der Waals surface area contributed by atoms with Crippen molar-refractivity contribution in [1.29, 1.82) is 0 Å². The molecule has 1 aromatic carbocycles. The second kappa shape index (κ2) is 6.25. The van der Waals surface area contributed by atoms with Crippen molar-refractivity contribution < 1.29 is 9.53 Å². The first-order valence-corrected chi connectivity index (χ1v) is 5.65. The first kappa shape index (κ1) is 13.5. The van der Waals surface area contributed by atoms with Gasteiger partial charge in [0, 0.05) is 6.04 Å². The van der Waals surface area contributed by atoms with Crippen LogP contribution in [0, 0.1) is 0 Å². The van der Waals surface area contributed by atoms with E-state index in [-0.39, 0.29) is 18.5 Å². The molecule has 0 fully saturated rings. The zero-order valence-electron chi connectivity index (χ0n) is 10.6. The van der Waals surface area contributed by atoms with Crippen molar-refractivity contribution in [3.63, 3.8) is 0 Å². The van der Waals surface area contributed by atoms with Crippen LogP contribution < -0.4 is 10.5 Å². The third-order valence-electron chi connectivity index (χ3n) is 2.87. The Kier molecular flexibility index (Phi) is 4.97. The highest BCUT2D eigenvalue weighted by Crippen LogP contribution is 2.19. The third-order valence-corrected chi connectivity index (χ3v) is 2.87. The topological polar surface area (TPSA) is 55.6 Å². The van der Waals surface area contributed by atoms with Gasteiger partial charge in [-0.25, -0.2) is 0 Å². The molecule has 2 N–H and O–H groups in total. The van der Waals surface area contributed by atoms with Gasteiger partial charge in [-0.3, -0.25) is 9.69 Å². The number of nitrogens with two attached hydrogens (primary N) is 1. The van der Waals surface area contributed by atoms with E-state index in [1.54, 1.807) is 7.11 Å². The van der Waals surface area contributed by atoms with Crippen LogP contribution >= 0.6 is 0 Å². The maximum Gasteiger partial charge on any atom is 0.231 e. The number of rotatable bonds is 6. The largest absolute Gasteiger partial charge is 0.496 e. The number of ether oxygens (including phenoxy) is 1. The van der Waals surface area contributed by atoms with Crippen molar-refractivity contribution >= 4 is 5.91 Å². The lowest BCUT2D eigenvalue weighted by atomic mass is 10.1. The predicted molar refractivity (Wildman–Crippen MR) is 68.0 cm³/mol. The van der Waals surface area contributed by atoms with Crippen molar-refractivity contribution in [2.45, 2.75) is 19.4 Å². The highest BCUT2D eigenvalue weighted by atomic mass is 16.5. The second-order valence-corrected chi connectivity index (χ2v) is 4.25. The van der Waals surface area contributed by atoms with Crippen LogP contribution in [-0.4, -0.2) is 37.6 Å².